The first-order valence-electron chi connectivity index (χ1n) is 8.90. The third-order valence-corrected chi connectivity index (χ3v) is 6.95. The minimum absolute atomic E-state index is 0.129. The van der Waals surface area contributed by atoms with Crippen molar-refractivity contribution in [3.8, 4) is 0 Å². The van der Waals surface area contributed by atoms with Crippen LogP contribution in [0.15, 0.2) is 47.4 Å². The Kier molecular flexibility index (Phi) is 5.74. The molecule has 1 heterocycles. The van der Waals surface area contributed by atoms with Crippen LogP contribution in [0.25, 0.3) is 10.8 Å². The smallest absolute Gasteiger partial charge is 0.243 e. The molecule has 1 saturated heterocycles. The maximum atomic E-state index is 13.1. The van der Waals surface area contributed by atoms with Gasteiger partial charge >= 0.3 is 0 Å². The zero-order valence-electron chi connectivity index (χ0n) is 14.6. The monoisotopic (exact) mass is 362 g/mol. The summed E-state index contributed by atoms with van der Waals surface area (Å²) in [5.74, 6) is 0. The molecule has 1 fully saturated rings. The van der Waals surface area contributed by atoms with Crippen molar-refractivity contribution in [3.05, 3.63) is 42.5 Å². The predicted molar refractivity (Wildman–Crippen MR) is 100 cm³/mol. The van der Waals surface area contributed by atoms with Crippen LogP contribution in [0.2, 0.25) is 0 Å². The number of hydrogen-bond acceptors (Lipinski definition) is 4. The third-order valence-electron chi connectivity index (χ3n) is 4.99. The van der Waals surface area contributed by atoms with Crippen LogP contribution in [-0.4, -0.2) is 61.6 Å². The van der Waals surface area contributed by atoms with Crippen LogP contribution in [0.4, 0.5) is 0 Å². The van der Waals surface area contributed by atoms with Gasteiger partial charge in [-0.15, -0.1) is 0 Å². The maximum absolute atomic E-state index is 13.1. The molecule has 1 aliphatic rings. The average Bonchev–Trinajstić information content (AvgIpc) is 2.65. The lowest BCUT2D eigenvalue weighted by molar-refractivity contribution is 0.0848. The van der Waals surface area contributed by atoms with E-state index in [1.807, 2.05) is 30.3 Å². The standard InChI is InChI=1S/C19H26N2O3S/c1-2-6-17(15-22)20-11-13-21(14-12-20)25(23,24)19-10-5-8-16-7-3-4-9-18(16)19/h3-5,7-10,17,22H,2,6,11-15H2,1H3. The fourth-order valence-electron chi connectivity index (χ4n) is 3.59. The van der Waals surface area contributed by atoms with Crippen LogP contribution in [0, 0.1) is 0 Å². The first kappa shape index (κ1) is 18.3. The summed E-state index contributed by atoms with van der Waals surface area (Å²) in [5.41, 5.74) is 0. The van der Waals surface area contributed by atoms with E-state index in [0.717, 1.165) is 23.6 Å². The van der Waals surface area contributed by atoms with Crippen molar-refractivity contribution < 1.29 is 13.5 Å². The largest absolute Gasteiger partial charge is 0.395 e. The van der Waals surface area contributed by atoms with Crippen molar-refractivity contribution in [1.29, 1.82) is 0 Å². The van der Waals surface area contributed by atoms with Gasteiger partial charge < -0.3 is 5.11 Å². The molecule has 0 amide bonds. The van der Waals surface area contributed by atoms with Crippen molar-refractivity contribution in [1.82, 2.24) is 9.21 Å². The Morgan fingerprint density at radius 2 is 1.72 bits per heavy atom. The number of piperazine rings is 1. The fourth-order valence-corrected chi connectivity index (χ4v) is 5.23. The second kappa shape index (κ2) is 7.83. The lowest BCUT2D eigenvalue weighted by Gasteiger charge is -2.38. The van der Waals surface area contributed by atoms with Gasteiger partial charge in [0.2, 0.25) is 10.0 Å². The Labute approximate surface area is 149 Å². The van der Waals surface area contributed by atoms with Crippen molar-refractivity contribution in [2.24, 2.45) is 0 Å². The number of benzene rings is 2. The molecule has 1 atom stereocenters. The molecule has 136 valence electrons. The average molecular weight is 362 g/mol. The summed E-state index contributed by atoms with van der Waals surface area (Å²) >= 11 is 0. The molecular formula is C19H26N2O3S. The van der Waals surface area contributed by atoms with Gasteiger partial charge in [-0.25, -0.2) is 8.42 Å². The molecule has 2 aromatic rings. The van der Waals surface area contributed by atoms with Crippen LogP contribution >= 0.6 is 0 Å². The molecule has 1 aliphatic heterocycles. The van der Waals surface area contributed by atoms with E-state index in [2.05, 4.69) is 11.8 Å². The highest BCUT2D eigenvalue weighted by Crippen LogP contribution is 2.26. The van der Waals surface area contributed by atoms with Gasteiger partial charge in [0.25, 0.3) is 0 Å². The summed E-state index contributed by atoms with van der Waals surface area (Å²) < 4.78 is 27.8. The van der Waals surface area contributed by atoms with E-state index >= 15 is 0 Å². The number of hydrogen-bond donors (Lipinski definition) is 1. The summed E-state index contributed by atoms with van der Waals surface area (Å²) in [5, 5.41) is 11.3. The quantitative estimate of drug-likeness (QED) is 0.857. The SMILES string of the molecule is CCCC(CO)N1CCN(S(=O)(=O)c2cccc3ccccc23)CC1. The molecule has 0 saturated carbocycles. The van der Waals surface area contributed by atoms with E-state index in [9.17, 15) is 13.5 Å². The van der Waals surface area contributed by atoms with Gasteiger partial charge in [-0.05, 0) is 17.9 Å². The molecule has 2 aromatic carbocycles. The third kappa shape index (κ3) is 3.72. The highest BCUT2D eigenvalue weighted by Gasteiger charge is 2.31. The lowest BCUT2D eigenvalue weighted by Crippen LogP contribution is -2.52. The number of fused-ring (bicyclic) bond motifs is 1. The minimum atomic E-state index is -3.51. The summed E-state index contributed by atoms with van der Waals surface area (Å²) in [7, 11) is -3.51. The van der Waals surface area contributed by atoms with Crippen molar-refractivity contribution in [2.45, 2.75) is 30.7 Å². The van der Waals surface area contributed by atoms with Crippen LogP contribution < -0.4 is 0 Å². The zero-order valence-corrected chi connectivity index (χ0v) is 15.5. The van der Waals surface area contributed by atoms with Crippen LogP contribution in [0.5, 0.6) is 0 Å². The summed E-state index contributed by atoms with van der Waals surface area (Å²) in [6, 6.07) is 13.1. The summed E-state index contributed by atoms with van der Waals surface area (Å²) in [4.78, 5) is 2.59. The number of rotatable bonds is 6. The van der Waals surface area contributed by atoms with Gasteiger partial charge in [0, 0.05) is 37.6 Å². The molecule has 0 spiro atoms. The van der Waals surface area contributed by atoms with Gasteiger partial charge in [-0.1, -0.05) is 49.7 Å². The molecule has 0 aliphatic carbocycles. The molecule has 1 unspecified atom stereocenters. The first-order valence-corrected chi connectivity index (χ1v) is 10.3. The lowest BCUT2D eigenvalue weighted by atomic mass is 10.1. The Hall–Kier alpha value is -1.47. The van der Waals surface area contributed by atoms with Crippen LogP contribution in [0.3, 0.4) is 0 Å². The Morgan fingerprint density at radius 1 is 1.04 bits per heavy atom. The molecule has 5 nitrogen and oxygen atoms in total. The van der Waals surface area contributed by atoms with Crippen LogP contribution in [0.1, 0.15) is 19.8 Å². The maximum Gasteiger partial charge on any atom is 0.243 e. The normalized spacial score (nSPS) is 18.5. The highest BCUT2D eigenvalue weighted by atomic mass is 32.2. The molecule has 0 aromatic heterocycles. The first-order chi connectivity index (χ1) is 12.1. The summed E-state index contributed by atoms with van der Waals surface area (Å²) in [6.45, 7) is 4.48. The van der Waals surface area contributed by atoms with Crippen molar-refractivity contribution in [2.75, 3.05) is 32.8 Å². The Bertz CT molecular complexity index is 809. The van der Waals surface area contributed by atoms with Crippen LogP contribution in [-0.2, 0) is 10.0 Å². The van der Waals surface area contributed by atoms with Gasteiger partial charge in [-0.2, -0.15) is 4.31 Å². The highest BCUT2D eigenvalue weighted by molar-refractivity contribution is 7.89. The molecule has 6 heteroatoms. The molecule has 1 N–H and O–H groups in total. The van der Waals surface area contributed by atoms with E-state index < -0.39 is 10.0 Å². The predicted octanol–water partition coefficient (Wildman–Crippen LogP) is 2.31. The van der Waals surface area contributed by atoms with Crippen molar-refractivity contribution >= 4 is 20.8 Å². The Morgan fingerprint density at radius 3 is 2.40 bits per heavy atom. The second-order valence-electron chi connectivity index (χ2n) is 6.54. The van der Waals surface area contributed by atoms with Gasteiger partial charge in [-0.3, -0.25) is 4.90 Å². The van der Waals surface area contributed by atoms with Crippen molar-refractivity contribution in [3.63, 3.8) is 0 Å². The number of aliphatic hydroxyl groups is 1. The molecular weight excluding hydrogens is 336 g/mol. The number of sulfonamides is 1. The molecule has 25 heavy (non-hydrogen) atoms. The number of aliphatic hydroxyl groups excluding tert-OH is 1. The molecule has 3 rings (SSSR count). The fraction of sp³-hybridized carbons (Fsp3) is 0.474. The summed E-state index contributed by atoms with van der Waals surface area (Å²) in [6.07, 6.45) is 1.95. The zero-order chi connectivity index (χ0) is 17.9. The molecule has 0 bridgehead atoms. The topological polar surface area (TPSA) is 60.9 Å². The van der Waals surface area contributed by atoms with Gasteiger partial charge in [0.1, 0.15) is 0 Å². The van der Waals surface area contributed by atoms with Gasteiger partial charge in [0.15, 0.2) is 0 Å². The second-order valence-corrected chi connectivity index (χ2v) is 8.45. The molecule has 0 radical (unpaired) electrons. The Balaban J connectivity index is 1.80. The van der Waals surface area contributed by atoms with E-state index in [4.69, 9.17) is 0 Å². The minimum Gasteiger partial charge on any atom is -0.395 e. The number of nitrogens with zero attached hydrogens (tertiary/aromatic N) is 2. The van der Waals surface area contributed by atoms with E-state index in [-0.39, 0.29) is 12.6 Å². The van der Waals surface area contributed by atoms with E-state index in [1.165, 1.54) is 0 Å². The van der Waals surface area contributed by atoms with Gasteiger partial charge in [0.05, 0.1) is 11.5 Å². The van der Waals surface area contributed by atoms with E-state index in [1.54, 1.807) is 16.4 Å². The van der Waals surface area contributed by atoms with E-state index in [0.29, 0.717) is 31.1 Å².